The van der Waals surface area contributed by atoms with Crippen molar-refractivity contribution in [3.05, 3.63) is 59.7 Å². The summed E-state index contributed by atoms with van der Waals surface area (Å²) in [6.45, 7) is 12.6. The van der Waals surface area contributed by atoms with E-state index in [2.05, 4.69) is 0 Å². The summed E-state index contributed by atoms with van der Waals surface area (Å²) in [5, 5.41) is 19.8. The van der Waals surface area contributed by atoms with Gasteiger partial charge in [-0.15, -0.1) is 0 Å². The number of hydrogen-bond donors (Lipinski definition) is 2. The molecule has 0 aromatic heterocycles. The number of ether oxygens (including phenoxy) is 4. The highest BCUT2D eigenvalue weighted by atomic mass is 16.7. The summed E-state index contributed by atoms with van der Waals surface area (Å²) in [6.07, 6.45) is 6.48. The molecular formula is C28H36O6. The van der Waals surface area contributed by atoms with Crippen molar-refractivity contribution in [3.63, 3.8) is 0 Å². The molecule has 4 rings (SSSR count). The SMILES string of the molecule is CC(C)(C)[C@@H](O)/C=C/c1ccc2c(c1)OCO2.CC(C)(C)[C@H](O)/C=C/c1ccc2c(c1)OCO2. The van der Waals surface area contributed by atoms with Crippen LogP contribution < -0.4 is 18.9 Å². The first-order chi connectivity index (χ1) is 15.9. The van der Waals surface area contributed by atoms with Crippen LogP contribution in [-0.4, -0.2) is 36.0 Å². The van der Waals surface area contributed by atoms with Gasteiger partial charge in [0.25, 0.3) is 0 Å². The average molecular weight is 469 g/mol. The lowest BCUT2D eigenvalue weighted by Gasteiger charge is -2.22. The van der Waals surface area contributed by atoms with Gasteiger partial charge in [0.15, 0.2) is 23.0 Å². The predicted octanol–water partition coefficient (Wildman–Crippen LogP) is 5.67. The zero-order valence-electron chi connectivity index (χ0n) is 20.9. The van der Waals surface area contributed by atoms with Crippen LogP contribution in [0.1, 0.15) is 52.7 Å². The van der Waals surface area contributed by atoms with Crippen molar-refractivity contribution in [2.45, 2.75) is 53.8 Å². The fourth-order valence-electron chi connectivity index (χ4n) is 3.02. The lowest BCUT2D eigenvalue weighted by Crippen LogP contribution is -2.23. The minimum atomic E-state index is -0.465. The Kier molecular flexibility index (Phi) is 7.95. The maximum absolute atomic E-state index is 9.90. The van der Waals surface area contributed by atoms with Crippen LogP contribution in [0.3, 0.4) is 0 Å². The third kappa shape index (κ3) is 7.02. The standard InChI is InChI=1S/2C14H18O3/c2*1-14(2,3)13(15)7-5-10-4-6-11-12(8-10)17-9-16-11/h2*4-8,13,15H,9H2,1-3H3/b2*7-5+/t2*13-/m10/s1. The minimum absolute atomic E-state index is 0.146. The largest absolute Gasteiger partial charge is 0.454 e. The van der Waals surface area contributed by atoms with E-state index in [1.54, 1.807) is 12.2 Å². The molecule has 6 heteroatoms. The Hall–Kier alpha value is -2.96. The summed E-state index contributed by atoms with van der Waals surface area (Å²) in [5.41, 5.74) is 1.70. The first kappa shape index (κ1) is 25.7. The molecule has 0 fully saturated rings. The summed E-state index contributed by atoms with van der Waals surface area (Å²) in [7, 11) is 0. The minimum Gasteiger partial charge on any atom is -0.454 e. The first-order valence-electron chi connectivity index (χ1n) is 11.5. The van der Waals surface area contributed by atoms with Crippen LogP contribution >= 0.6 is 0 Å². The van der Waals surface area contributed by atoms with Gasteiger partial charge in [0, 0.05) is 0 Å². The molecular weight excluding hydrogens is 432 g/mol. The van der Waals surface area contributed by atoms with Gasteiger partial charge in [0.1, 0.15) is 0 Å². The summed E-state index contributed by atoms with van der Waals surface area (Å²) in [6, 6.07) is 11.5. The molecule has 2 aromatic rings. The molecule has 0 aliphatic carbocycles. The van der Waals surface area contributed by atoms with E-state index in [9.17, 15) is 10.2 Å². The van der Waals surface area contributed by atoms with Crippen LogP contribution in [0.5, 0.6) is 23.0 Å². The van der Waals surface area contributed by atoms with E-state index in [1.807, 2.05) is 90.1 Å². The normalized spacial score (nSPS) is 16.5. The Morgan fingerprint density at radius 2 is 0.971 bits per heavy atom. The summed E-state index contributed by atoms with van der Waals surface area (Å²) < 4.78 is 21.1. The highest BCUT2D eigenvalue weighted by Crippen LogP contribution is 2.34. The number of benzene rings is 2. The zero-order chi connectivity index (χ0) is 24.9. The second kappa shape index (κ2) is 10.5. The van der Waals surface area contributed by atoms with Crippen molar-refractivity contribution in [2.75, 3.05) is 13.6 Å². The predicted molar refractivity (Wildman–Crippen MR) is 134 cm³/mol. The molecule has 0 spiro atoms. The van der Waals surface area contributed by atoms with Crippen LogP contribution in [0, 0.1) is 10.8 Å². The molecule has 0 saturated carbocycles. The van der Waals surface area contributed by atoms with Gasteiger partial charge >= 0.3 is 0 Å². The molecule has 2 aliphatic rings. The van der Waals surface area contributed by atoms with Crippen LogP contribution in [-0.2, 0) is 0 Å². The molecule has 184 valence electrons. The molecule has 2 N–H and O–H groups in total. The van der Waals surface area contributed by atoms with Gasteiger partial charge in [-0.2, -0.15) is 0 Å². The van der Waals surface area contributed by atoms with Crippen LogP contribution in [0.25, 0.3) is 12.2 Å². The lowest BCUT2D eigenvalue weighted by atomic mass is 9.89. The summed E-state index contributed by atoms with van der Waals surface area (Å²) in [5.74, 6) is 3.08. The fraction of sp³-hybridized carbons (Fsp3) is 0.429. The lowest BCUT2D eigenvalue weighted by molar-refractivity contribution is 0.106. The van der Waals surface area contributed by atoms with Crippen molar-refractivity contribution in [1.29, 1.82) is 0 Å². The first-order valence-corrected chi connectivity index (χ1v) is 11.5. The van der Waals surface area contributed by atoms with Gasteiger partial charge in [-0.05, 0) is 46.2 Å². The highest BCUT2D eigenvalue weighted by molar-refractivity contribution is 5.57. The van der Waals surface area contributed by atoms with E-state index in [0.29, 0.717) is 0 Å². The van der Waals surface area contributed by atoms with Gasteiger partial charge in [0.05, 0.1) is 12.2 Å². The number of rotatable bonds is 4. The molecule has 0 amide bonds. The maximum Gasteiger partial charge on any atom is 0.231 e. The number of fused-ring (bicyclic) bond motifs is 2. The molecule has 0 saturated heterocycles. The number of aliphatic hydroxyl groups is 2. The molecule has 6 nitrogen and oxygen atoms in total. The van der Waals surface area contributed by atoms with E-state index in [4.69, 9.17) is 18.9 Å². The van der Waals surface area contributed by atoms with Crippen molar-refractivity contribution >= 4 is 12.2 Å². The smallest absolute Gasteiger partial charge is 0.231 e. The van der Waals surface area contributed by atoms with Crippen LogP contribution in [0.2, 0.25) is 0 Å². The second-order valence-corrected chi connectivity index (χ2v) is 10.6. The quantitative estimate of drug-likeness (QED) is 0.602. The zero-order valence-corrected chi connectivity index (χ0v) is 20.9. The summed E-state index contributed by atoms with van der Waals surface area (Å²) in [4.78, 5) is 0. The van der Waals surface area contributed by atoms with Gasteiger partial charge in [-0.3, -0.25) is 0 Å². The van der Waals surface area contributed by atoms with E-state index >= 15 is 0 Å². The van der Waals surface area contributed by atoms with Crippen LogP contribution in [0.15, 0.2) is 48.6 Å². The Labute approximate surface area is 202 Å². The average Bonchev–Trinajstić information content (AvgIpc) is 3.43. The maximum atomic E-state index is 9.90. The molecule has 0 unspecified atom stereocenters. The third-order valence-corrected chi connectivity index (χ3v) is 5.51. The van der Waals surface area contributed by atoms with Crippen LogP contribution in [0.4, 0.5) is 0 Å². The van der Waals surface area contributed by atoms with E-state index < -0.39 is 12.2 Å². The molecule has 2 heterocycles. The fourth-order valence-corrected chi connectivity index (χ4v) is 3.02. The van der Waals surface area contributed by atoms with Crippen molar-refractivity contribution in [3.8, 4) is 23.0 Å². The summed E-state index contributed by atoms with van der Waals surface area (Å²) >= 11 is 0. The molecule has 34 heavy (non-hydrogen) atoms. The second-order valence-electron chi connectivity index (χ2n) is 10.6. The Morgan fingerprint density at radius 3 is 1.32 bits per heavy atom. The van der Waals surface area contributed by atoms with E-state index in [0.717, 1.165) is 34.1 Å². The Balaban J connectivity index is 0.000000191. The van der Waals surface area contributed by atoms with Crippen molar-refractivity contribution < 1.29 is 29.2 Å². The molecule has 2 aromatic carbocycles. The van der Waals surface area contributed by atoms with Gasteiger partial charge in [0.2, 0.25) is 13.6 Å². The van der Waals surface area contributed by atoms with Gasteiger partial charge in [-0.25, -0.2) is 0 Å². The topological polar surface area (TPSA) is 77.4 Å². The van der Waals surface area contributed by atoms with Gasteiger partial charge < -0.3 is 29.2 Å². The molecule has 0 radical (unpaired) electrons. The monoisotopic (exact) mass is 468 g/mol. The third-order valence-electron chi connectivity index (χ3n) is 5.51. The molecule has 0 bridgehead atoms. The number of aliphatic hydroxyl groups excluding tert-OH is 2. The Morgan fingerprint density at radius 1 is 0.618 bits per heavy atom. The van der Waals surface area contributed by atoms with E-state index in [-0.39, 0.29) is 24.4 Å². The van der Waals surface area contributed by atoms with E-state index in [1.165, 1.54) is 0 Å². The van der Waals surface area contributed by atoms with Crippen molar-refractivity contribution in [2.24, 2.45) is 10.8 Å². The Bertz CT molecular complexity index is 943. The molecule has 2 atom stereocenters. The molecule has 2 aliphatic heterocycles. The number of hydrogen-bond acceptors (Lipinski definition) is 6. The highest BCUT2D eigenvalue weighted by Gasteiger charge is 2.20. The van der Waals surface area contributed by atoms with Crippen molar-refractivity contribution in [1.82, 2.24) is 0 Å². The van der Waals surface area contributed by atoms with Gasteiger partial charge in [-0.1, -0.05) is 78.0 Å².